The van der Waals surface area contributed by atoms with Gasteiger partial charge >= 0.3 is 0 Å². The van der Waals surface area contributed by atoms with Gasteiger partial charge in [-0.3, -0.25) is 0 Å². The number of hydrogen-bond acceptors (Lipinski definition) is 3. The largest absolute Gasteiger partial charge is 0.494 e. The van der Waals surface area contributed by atoms with Crippen molar-refractivity contribution in [1.29, 1.82) is 0 Å². The molecule has 0 unspecified atom stereocenters. The molecule has 1 fully saturated rings. The van der Waals surface area contributed by atoms with Crippen molar-refractivity contribution in [1.82, 2.24) is 0 Å². The summed E-state index contributed by atoms with van der Waals surface area (Å²) in [5, 5.41) is 9.98. The second kappa shape index (κ2) is 4.45. The standard InChI is InChI=1S/C12H16O2S/c1-2-14-11-5-3-10(4-6-11)7-12(13)8-15-9-12/h3-6,13H,2,7-9H2,1H3. The van der Waals surface area contributed by atoms with E-state index in [1.54, 1.807) is 11.8 Å². The van der Waals surface area contributed by atoms with E-state index in [9.17, 15) is 5.11 Å². The minimum atomic E-state index is -0.461. The molecule has 15 heavy (non-hydrogen) atoms. The van der Waals surface area contributed by atoms with Crippen molar-refractivity contribution in [2.45, 2.75) is 18.9 Å². The van der Waals surface area contributed by atoms with Crippen LogP contribution >= 0.6 is 11.8 Å². The summed E-state index contributed by atoms with van der Waals surface area (Å²) in [6, 6.07) is 8.00. The van der Waals surface area contributed by atoms with Crippen LogP contribution < -0.4 is 4.74 Å². The monoisotopic (exact) mass is 224 g/mol. The predicted molar refractivity (Wildman–Crippen MR) is 63.6 cm³/mol. The maximum atomic E-state index is 9.98. The van der Waals surface area contributed by atoms with Gasteiger partial charge in [-0.2, -0.15) is 11.8 Å². The van der Waals surface area contributed by atoms with Gasteiger partial charge in [-0.25, -0.2) is 0 Å². The highest BCUT2D eigenvalue weighted by atomic mass is 32.2. The minimum absolute atomic E-state index is 0.461. The van der Waals surface area contributed by atoms with Crippen LogP contribution in [0.4, 0.5) is 0 Å². The van der Waals surface area contributed by atoms with Crippen LogP contribution in [0.2, 0.25) is 0 Å². The van der Waals surface area contributed by atoms with Crippen molar-refractivity contribution in [2.75, 3.05) is 18.1 Å². The van der Waals surface area contributed by atoms with E-state index in [1.165, 1.54) is 5.56 Å². The summed E-state index contributed by atoms with van der Waals surface area (Å²) in [5.74, 6) is 2.62. The van der Waals surface area contributed by atoms with Gasteiger partial charge in [-0.1, -0.05) is 12.1 Å². The number of rotatable bonds is 4. The van der Waals surface area contributed by atoms with Crippen LogP contribution in [-0.4, -0.2) is 28.8 Å². The normalized spacial score (nSPS) is 18.3. The molecular weight excluding hydrogens is 208 g/mol. The third-order valence-corrected chi connectivity index (χ3v) is 3.99. The van der Waals surface area contributed by atoms with Crippen LogP contribution in [-0.2, 0) is 6.42 Å². The van der Waals surface area contributed by atoms with Crippen molar-refractivity contribution in [3.05, 3.63) is 29.8 Å². The number of ether oxygens (including phenoxy) is 1. The van der Waals surface area contributed by atoms with Crippen LogP contribution in [0.25, 0.3) is 0 Å². The average Bonchev–Trinajstić information content (AvgIpc) is 2.19. The van der Waals surface area contributed by atoms with Crippen molar-refractivity contribution < 1.29 is 9.84 Å². The predicted octanol–water partition coefficient (Wildman–Crippen LogP) is 2.11. The van der Waals surface area contributed by atoms with E-state index >= 15 is 0 Å². The van der Waals surface area contributed by atoms with E-state index in [2.05, 4.69) is 0 Å². The summed E-state index contributed by atoms with van der Waals surface area (Å²) in [4.78, 5) is 0. The maximum Gasteiger partial charge on any atom is 0.119 e. The molecule has 1 saturated heterocycles. The highest BCUT2D eigenvalue weighted by Gasteiger charge is 2.35. The number of thioether (sulfide) groups is 1. The topological polar surface area (TPSA) is 29.5 Å². The molecular formula is C12H16O2S. The molecule has 1 aliphatic rings. The first-order chi connectivity index (χ1) is 7.22. The second-order valence-corrected chi connectivity index (χ2v) is 4.96. The van der Waals surface area contributed by atoms with Gasteiger partial charge in [0.25, 0.3) is 0 Å². The molecule has 0 aliphatic carbocycles. The summed E-state index contributed by atoms with van der Waals surface area (Å²) in [6.45, 7) is 2.67. The minimum Gasteiger partial charge on any atom is -0.494 e. The van der Waals surface area contributed by atoms with Gasteiger partial charge in [0.15, 0.2) is 0 Å². The molecule has 0 spiro atoms. The summed E-state index contributed by atoms with van der Waals surface area (Å²) in [7, 11) is 0. The molecule has 3 heteroatoms. The first-order valence-electron chi connectivity index (χ1n) is 5.24. The maximum absolute atomic E-state index is 9.98. The highest BCUT2D eigenvalue weighted by Crippen LogP contribution is 2.32. The first kappa shape index (κ1) is 10.8. The lowest BCUT2D eigenvalue weighted by atomic mass is 9.97. The Morgan fingerprint density at radius 3 is 2.47 bits per heavy atom. The average molecular weight is 224 g/mol. The Kier molecular flexibility index (Phi) is 3.22. The number of hydrogen-bond donors (Lipinski definition) is 1. The fraction of sp³-hybridized carbons (Fsp3) is 0.500. The van der Waals surface area contributed by atoms with Gasteiger partial charge in [0.2, 0.25) is 0 Å². The molecule has 1 N–H and O–H groups in total. The van der Waals surface area contributed by atoms with Crippen molar-refractivity contribution >= 4 is 11.8 Å². The molecule has 1 aromatic rings. The molecule has 2 rings (SSSR count). The molecule has 0 aromatic heterocycles. The Hall–Kier alpha value is -0.670. The molecule has 0 saturated carbocycles. The zero-order valence-electron chi connectivity index (χ0n) is 8.90. The van der Waals surface area contributed by atoms with Crippen molar-refractivity contribution in [3.63, 3.8) is 0 Å². The lowest BCUT2D eigenvalue weighted by Crippen LogP contribution is -2.45. The Morgan fingerprint density at radius 1 is 1.33 bits per heavy atom. The molecule has 0 bridgehead atoms. The smallest absolute Gasteiger partial charge is 0.119 e. The summed E-state index contributed by atoms with van der Waals surface area (Å²) >= 11 is 1.80. The van der Waals surface area contributed by atoms with E-state index in [-0.39, 0.29) is 0 Å². The first-order valence-corrected chi connectivity index (χ1v) is 6.39. The van der Waals surface area contributed by atoms with Gasteiger partial charge in [0.05, 0.1) is 12.2 Å². The van der Waals surface area contributed by atoms with Crippen LogP contribution in [0.3, 0.4) is 0 Å². The fourth-order valence-electron chi connectivity index (χ4n) is 1.69. The zero-order valence-corrected chi connectivity index (χ0v) is 9.72. The molecule has 2 nitrogen and oxygen atoms in total. The molecule has 0 radical (unpaired) electrons. The number of aliphatic hydroxyl groups is 1. The van der Waals surface area contributed by atoms with E-state index in [4.69, 9.17) is 4.74 Å². The second-order valence-electron chi connectivity index (χ2n) is 3.97. The van der Waals surface area contributed by atoms with Crippen LogP contribution in [0, 0.1) is 0 Å². The third-order valence-electron chi connectivity index (χ3n) is 2.51. The Labute approximate surface area is 94.6 Å². The van der Waals surface area contributed by atoms with Gasteiger partial charge in [0.1, 0.15) is 5.75 Å². The third kappa shape index (κ3) is 2.67. The fourth-order valence-corrected chi connectivity index (χ4v) is 2.57. The van der Waals surface area contributed by atoms with Crippen LogP contribution in [0.5, 0.6) is 5.75 Å². The highest BCUT2D eigenvalue weighted by molar-refractivity contribution is 8.00. The quantitative estimate of drug-likeness (QED) is 0.849. The summed E-state index contributed by atoms with van der Waals surface area (Å²) < 4.78 is 5.36. The number of benzene rings is 1. The van der Waals surface area contributed by atoms with Crippen molar-refractivity contribution in [2.24, 2.45) is 0 Å². The Balaban J connectivity index is 1.97. The van der Waals surface area contributed by atoms with Gasteiger partial charge in [0, 0.05) is 17.9 Å². The molecule has 1 aromatic carbocycles. The molecule has 1 aliphatic heterocycles. The van der Waals surface area contributed by atoms with Gasteiger partial charge in [-0.05, 0) is 24.6 Å². The van der Waals surface area contributed by atoms with Gasteiger partial charge in [-0.15, -0.1) is 0 Å². The Bertz CT molecular complexity index is 317. The van der Waals surface area contributed by atoms with Gasteiger partial charge < -0.3 is 9.84 Å². The zero-order chi connectivity index (χ0) is 10.7. The molecule has 1 heterocycles. The van der Waals surface area contributed by atoms with E-state index in [0.717, 1.165) is 23.7 Å². The van der Waals surface area contributed by atoms with E-state index in [0.29, 0.717) is 6.61 Å². The van der Waals surface area contributed by atoms with Crippen LogP contribution in [0.1, 0.15) is 12.5 Å². The van der Waals surface area contributed by atoms with Crippen LogP contribution in [0.15, 0.2) is 24.3 Å². The van der Waals surface area contributed by atoms with E-state index in [1.807, 2.05) is 31.2 Å². The SMILES string of the molecule is CCOc1ccc(CC2(O)CSC2)cc1. The summed E-state index contributed by atoms with van der Waals surface area (Å²) in [6.07, 6.45) is 0.756. The lowest BCUT2D eigenvalue weighted by Gasteiger charge is -2.36. The molecule has 0 atom stereocenters. The Morgan fingerprint density at radius 2 is 2.00 bits per heavy atom. The lowest BCUT2D eigenvalue weighted by molar-refractivity contribution is 0.0793. The van der Waals surface area contributed by atoms with Crippen molar-refractivity contribution in [3.8, 4) is 5.75 Å². The molecule has 0 amide bonds. The van der Waals surface area contributed by atoms with E-state index < -0.39 is 5.60 Å². The summed E-state index contributed by atoms with van der Waals surface area (Å²) in [5.41, 5.74) is 0.721. The molecule has 82 valence electrons.